The fourth-order valence-corrected chi connectivity index (χ4v) is 2.99. The average molecular weight is 310 g/mol. The second kappa shape index (κ2) is 6.60. The number of alkyl halides is 1. The van der Waals surface area contributed by atoms with Crippen LogP contribution in [0, 0.1) is 0 Å². The van der Waals surface area contributed by atoms with Crippen molar-refractivity contribution in [3.05, 3.63) is 29.1 Å². The highest BCUT2D eigenvalue weighted by molar-refractivity contribution is 6.20. The van der Waals surface area contributed by atoms with E-state index in [1.807, 2.05) is 16.3 Å². The van der Waals surface area contributed by atoms with E-state index in [9.17, 15) is 0 Å². The van der Waals surface area contributed by atoms with Crippen molar-refractivity contribution < 1.29 is 0 Å². The molecule has 116 valence electrons. The molecule has 0 aromatic carbocycles. The molecule has 2 aromatic heterocycles. The number of hydrogen-bond acceptors (Lipinski definition) is 3. The number of rotatable bonds is 6. The minimum atomic E-state index is -0.0216. The predicted octanol–water partition coefficient (Wildman–Crippen LogP) is 3.53. The zero-order valence-corrected chi connectivity index (χ0v) is 14.2. The topological polar surface area (TPSA) is 48.5 Å². The molecule has 6 heteroatoms. The Morgan fingerprint density at radius 1 is 1.19 bits per heavy atom. The van der Waals surface area contributed by atoms with Crippen molar-refractivity contribution in [2.45, 2.75) is 65.4 Å². The second-order valence-electron chi connectivity index (χ2n) is 5.50. The van der Waals surface area contributed by atoms with Crippen LogP contribution in [0.1, 0.15) is 68.8 Å². The van der Waals surface area contributed by atoms with E-state index in [4.69, 9.17) is 16.7 Å². The standard InChI is InChI=1S/C15H24ClN5/c1-6-12-15(11(5)16)13(7-2)20(19-12)8-14-17-9-18-21(14)10(3)4/h9-11H,6-8H2,1-5H3. The molecule has 0 aliphatic rings. The maximum Gasteiger partial charge on any atom is 0.148 e. The summed E-state index contributed by atoms with van der Waals surface area (Å²) in [7, 11) is 0. The summed E-state index contributed by atoms with van der Waals surface area (Å²) >= 11 is 6.36. The van der Waals surface area contributed by atoms with Crippen LogP contribution in [-0.2, 0) is 19.4 Å². The third-order valence-corrected chi connectivity index (χ3v) is 3.89. The lowest BCUT2D eigenvalue weighted by atomic mass is 10.1. The van der Waals surface area contributed by atoms with E-state index >= 15 is 0 Å². The summed E-state index contributed by atoms with van der Waals surface area (Å²) in [5, 5.41) is 9.02. The lowest BCUT2D eigenvalue weighted by Crippen LogP contribution is -2.14. The number of hydrogen-bond donors (Lipinski definition) is 0. The van der Waals surface area contributed by atoms with Crippen molar-refractivity contribution in [1.29, 1.82) is 0 Å². The van der Waals surface area contributed by atoms with Gasteiger partial charge in [-0.15, -0.1) is 11.6 Å². The lowest BCUT2D eigenvalue weighted by molar-refractivity contribution is 0.483. The summed E-state index contributed by atoms with van der Waals surface area (Å²) in [5.41, 5.74) is 3.47. The van der Waals surface area contributed by atoms with Crippen molar-refractivity contribution in [2.24, 2.45) is 0 Å². The Morgan fingerprint density at radius 3 is 2.43 bits per heavy atom. The molecule has 2 heterocycles. The minimum absolute atomic E-state index is 0.0216. The molecule has 1 atom stereocenters. The van der Waals surface area contributed by atoms with Crippen LogP contribution in [0.4, 0.5) is 0 Å². The van der Waals surface area contributed by atoms with E-state index < -0.39 is 0 Å². The van der Waals surface area contributed by atoms with Gasteiger partial charge < -0.3 is 0 Å². The van der Waals surface area contributed by atoms with E-state index in [-0.39, 0.29) is 5.38 Å². The highest BCUT2D eigenvalue weighted by Gasteiger charge is 2.20. The first-order valence-corrected chi connectivity index (χ1v) is 8.04. The smallest absolute Gasteiger partial charge is 0.148 e. The van der Waals surface area contributed by atoms with Gasteiger partial charge in [0.1, 0.15) is 18.7 Å². The molecule has 0 fully saturated rings. The Bertz CT molecular complexity index is 597. The van der Waals surface area contributed by atoms with Crippen LogP contribution in [0.25, 0.3) is 0 Å². The third-order valence-electron chi connectivity index (χ3n) is 3.67. The van der Waals surface area contributed by atoms with Crippen LogP contribution in [-0.4, -0.2) is 24.5 Å². The Morgan fingerprint density at radius 2 is 1.90 bits per heavy atom. The Kier molecular flexibility index (Phi) is 5.04. The summed E-state index contributed by atoms with van der Waals surface area (Å²) in [5.74, 6) is 0.929. The van der Waals surface area contributed by atoms with E-state index in [0.717, 1.165) is 24.4 Å². The Balaban J connectivity index is 2.42. The lowest BCUT2D eigenvalue weighted by Gasteiger charge is -2.12. The quantitative estimate of drug-likeness (QED) is 0.767. The van der Waals surface area contributed by atoms with Crippen molar-refractivity contribution in [3.63, 3.8) is 0 Å². The van der Waals surface area contributed by atoms with E-state index in [1.54, 1.807) is 6.33 Å². The van der Waals surface area contributed by atoms with Gasteiger partial charge in [-0.2, -0.15) is 10.2 Å². The molecule has 5 nitrogen and oxygen atoms in total. The van der Waals surface area contributed by atoms with Gasteiger partial charge in [0.15, 0.2) is 0 Å². The van der Waals surface area contributed by atoms with Crippen molar-refractivity contribution in [1.82, 2.24) is 24.5 Å². The molecule has 0 saturated heterocycles. The minimum Gasteiger partial charge on any atom is -0.261 e. The Labute approximate surface area is 131 Å². The Hall–Kier alpha value is -1.36. The molecule has 0 saturated carbocycles. The fraction of sp³-hybridized carbons (Fsp3) is 0.667. The fourth-order valence-electron chi connectivity index (χ4n) is 2.74. The molecule has 2 aromatic rings. The molecule has 2 rings (SSSR count). The van der Waals surface area contributed by atoms with Gasteiger partial charge in [-0.3, -0.25) is 4.68 Å². The largest absolute Gasteiger partial charge is 0.261 e. The maximum atomic E-state index is 6.36. The number of aromatic nitrogens is 5. The van der Waals surface area contributed by atoms with E-state index in [2.05, 4.69) is 37.8 Å². The normalized spacial score (nSPS) is 13.1. The SMILES string of the molecule is CCc1nn(Cc2ncnn2C(C)C)c(CC)c1C(C)Cl. The summed E-state index contributed by atoms with van der Waals surface area (Å²) in [6, 6.07) is 0.292. The van der Waals surface area contributed by atoms with Gasteiger partial charge in [-0.1, -0.05) is 13.8 Å². The van der Waals surface area contributed by atoms with E-state index in [1.165, 1.54) is 11.3 Å². The number of aryl methyl sites for hydroxylation is 1. The van der Waals surface area contributed by atoms with Gasteiger partial charge in [-0.25, -0.2) is 9.67 Å². The van der Waals surface area contributed by atoms with Gasteiger partial charge in [0, 0.05) is 17.3 Å². The summed E-state index contributed by atoms with van der Waals surface area (Å²) < 4.78 is 3.98. The molecule has 0 aliphatic carbocycles. The van der Waals surface area contributed by atoms with Crippen molar-refractivity contribution in [2.75, 3.05) is 0 Å². The molecule has 21 heavy (non-hydrogen) atoms. The molecule has 0 aliphatic heterocycles. The second-order valence-corrected chi connectivity index (χ2v) is 6.16. The van der Waals surface area contributed by atoms with Gasteiger partial charge >= 0.3 is 0 Å². The number of nitrogens with zero attached hydrogens (tertiary/aromatic N) is 5. The molecular weight excluding hydrogens is 286 g/mol. The zero-order chi connectivity index (χ0) is 15.6. The monoisotopic (exact) mass is 309 g/mol. The molecule has 0 radical (unpaired) electrons. The van der Waals surface area contributed by atoms with Crippen LogP contribution in [0.2, 0.25) is 0 Å². The first-order valence-electron chi connectivity index (χ1n) is 7.60. The summed E-state index contributed by atoms with van der Waals surface area (Å²) in [6.45, 7) is 11.1. The molecule has 0 amide bonds. The predicted molar refractivity (Wildman–Crippen MR) is 84.8 cm³/mol. The van der Waals surface area contributed by atoms with Crippen LogP contribution < -0.4 is 0 Å². The van der Waals surface area contributed by atoms with Gasteiger partial charge in [-0.05, 0) is 33.6 Å². The van der Waals surface area contributed by atoms with Gasteiger partial charge in [0.25, 0.3) is 0 Å². The molecular formula is C15H24ClN5. The van der Waals surface area contributed by atoms with E-state index in [0.29, 0.717) is 12.6 Å². The molecule has 1 unspecified atom stereocenters. The highest BCUT2D eigenvalue weighted by Crippen LogP contribution is 2.28. The van der Waals surface area contributed by atoms with Crippen LogP contribution in [0.5, 0.6) is 0 Å². The van der Waals surface area contributed by atoms with Crippen LogP contribution >= 0.6 is 11.6 Å². The molecule has 0 spiro atoms. The van der Waals surface area contributed by atoms with Crippen molar-refractivity contribution in [3.8, 4) is 0 Å². The van der Waals surface area contributed by atoms with Gasteiger partial charge in [0.2, 0.25) is 0 Å². The van der Waals surface area contributed by atoms with Crippen LogP contribution in [0.3, 0.4) is 0 Å². The summed E-state index contributed by atoms with van der Waals surface area (Å²) in [4.78, 5) is 4.38. The average Bonchev–Trinajstić information content (AvgIpc) is 3.02. The highest BCUT2D eigenvalue weighted by atomic mass is 35.5. The molecule has 0 bridgehead atoms. The first kappa shape index (κ1) is 16.0. The number of halogens is 1. The maximum absolute atomic E-state index is 6.36. The van der Waals surface area contributed by atoms with Gasteiger partial charge in [0.05, 0.1) is 11.1 Å². The zero-order valence-electron chi connectivity index (χ0n) is 13.5. The molecule has 0 N–H and O–H groups in total. The third kappa shape index (κ3) is 3.12. The summed E-state index contributed by atoms with van der Waals surface area (Å²) in [6.07, 6.45) is 3.41. The first-order chi connectivity index (χ1) is 9.99. The van der Waals surface area contributed by atoms with Crippen molar-refractivity contribution >= 4 is 11.6 Å². The van der Waals surface area contributed by atoms with Crippen LogP contribution in [0.15, 0.2) is 6.33 Å².